The van der Waals surface area contributed by atoms with Crippen LogP contribution in [-0.4, -0.2) is 12.5 Å². The third-order valence-corrected chi connectivity index (χ3v) is 3.06. The van der Waals surface area contributed by atoms with Gasteiger partial charge in [0, 0.05) is 13.0 Å². The van der Waals surface area contributed by atoms with Crippen molar-refractivity contribution in [2.24, 2.45) is 11.3 Å². The summed E-state index contributed by atoms with van der Waals surface area (Å²) in [5.41, 5.74) is -0.297. The minimum absolute atomic E-state index is 0.117. The van der Waals surface area contributed by atoms with E-state index in [1.807, 2.05) is 0 Å². The predicted molar refractivity (Wildman–Crippen MR) is 43.0 cm³/mol. The Hall–Kier alpha value is -1.04. The van der Waals surface area contributed by atoms with Crippen molar-refractivity contribution in [2.75, 3.05) is 6.54 Å². The minimum atomic E-state index is -0.297. The number of rotatable bonds is 2. The minimum Gasteiger partial charge on any atom is -0.356 e. The Bertz CT molecular complexity index is 252. The van der Waals surface area contributed by atoms with Gasteiger partial charge in [0.1, 0.15) is 0 Å². The van der Waals surface area contributed by atoms with Gasteiger partial charge in [0.2, 0.25) is 5.91 Å². The first kappa shape index (κ1) is 7.60. The maximum Gasteiger partial charge on any atom is 0.227 e. The molecule has 1 heterocycles. The smallest absolute Gasteiger partial charge is 0.227 e. The fourth-order valence-electron chi connectivity index (χ4n) is 2.17. The summed E-state index contributed by atoms with van der Waals surface area (Å²) in [7, 11) is 0. The van der Waals surface area contributed by atoms with Gasteiger partial charge < -0.3 is 5.32 Å². The van der Waals surface area contributed by atoms with Crippen LogP contribution < -0.4 is 5.32 Å². The normalized spacial score (nSPS) is 34.4. The zero-order valence-electron chi connectivity index (χ0n) is 6.97. The van der Waals surface area contributed by atoms with Gasteiger partial charge in [-0.1, -0.05) is 0 Å². The van der Waals surface area contributed by atoms with Gasteiger partial charge in [-0.2, -0.15) is 5.26 Å². The maximum atomic E-state index is 11.5. The van der Waals surface area contributed by atoms with Crippen molar-refractivity contribution in [3.8, 4) is 6.07 Å². The first-order valence-corrected chi connectivity index (χ1v) is 4.45. The maximum absolute atomic E-state index is 11.5. The van der Waals surface area contributed by atoms with E-state index >= 15 is 0 Å². The second-order valence-electron chi connectivity index (χ2n) is 3.77. The number of amides is 1. The van der Waals surface area contributed by atoms with Crippen LogP contribution in [-0.2, 0) is 4.79 Å². The second-order valence-corrected chi connectivity index (χ2v) is 3.77. The van der Waals surface area contributed by atoms with Crippen LogP contribution in [0.1, 0.15) is 25.7 Å². The lowest BCUT2D eigenvalue weighted by Gasteiger charge is -2.21. The number of nitriles is 1. The van der Waals surface area contributed by atoms with E-state index < -0.39 is 0 Å². The fourth-order valence-corrected chi connectivity index (χ4v) is 2.17. The van der Waals surface area contributed by atoms with Gasteiger partial charge in [0.05, 0.1) is 11.5 Å². The molecule has 3 nitrogen and oxygen atoms in total. The second kappa shape index (κ2) is 2.48. The first-order valence-electron chi connectivity index (χ1n) is 4.45. The molecule has 1 aliphatic heterocycles. The van der Waals surface area contributed by atoms with Crippen molar-refractivity contribution in [3.05, 3.63) is 0 Å². The van der Waals surface area contributed by atoms with E-state index in [2.05, 4.69) is 11.4 Å². The quantitative estimate of drug-likeness (QED) is 0.656. The van der Waals surface area contributed by atoms with E-state index in [-0.39, 0.29) is 11.3 Å². The van der Waals surface area contributed by atoms with Crippen molar-refractivity contribution >= 4 is 5.91 Å². The summed E-state index contributed by atoms with van der Waals surface area (Å²) in [5, 5.41) is 11.5. The Labute approximate surface area is 71.8 Å². The van der Waals surface area contributed by atoms with Gasteiger partial charge in [-0.3, -0.25) is 4.79 Å². The molecule has 64 valence electrons. The Morgan fingerprint density at radius 3 is 2.83 bits per heavy atom. The topological polar surface area (TPSA) is 52.9 Å². The molecular formula is C9H12N2O. The van der Waals surface area contributed by atoms with Crippen molar-refractivity contribution in [1.29, 1.82) is 5.26 Å². The molecule has 12 heavy (non-hydrogen) atoms. The van der Waals surface area contributed by atoms with Crippen LogP contribution in [0.5, 0.6) is 0 Å². The highest BCUT2D eigenvalue weighted by molar-refractivity contribution is 5.85. The van der Waals surface area contributed by atoms with Crippen LogP contribution in [0.2, 0.25) is 0 Å². The molecular weight excluding hydrogens is 152 g/mol. The van der Waals surface area contributed by atoms with Gasteiger partial charge in [-0.25, -0.2) is 0 Å². The molecule has 0 unspecified atom stereocenters. The SMILES string of the molecule is N#CC[C@@]1(C2CC2)CCNC1=O. The molecule has 1 atom stereocenters. The number of hydrogen-bond donors (Lipinski definition) is 1. The summed E-state index contributed by atoms with van der Waals surface area (Å²) in [6.07, 6.45) is 3.54. The summed E-state index contributed by atoms with van der Waals surface area (Å²) in [4.78, 5) is 11.5. The molecule has 0 radical (unpaired) electrons. The molecule has 2 rings (SSSR count). The molecule has 2 aliphatic rings. The van der Waals surface area contributed by atoms with Crippen LogP contribution in [0.3, 0.4) is 0 Å². The van der Waals surface area contributed by atoms with E-state index in [0.29, 0.717) is 12.3 Å². The van der Waals surface area contributed by atoms with Gasteiger partial charge in [0.25, 0.3) is 0 Å². The van der Waals surface area contributed by atoms with Crippen LogP contribution in [0.25, 0.3) is 0 Å². The third-order valence-electron chi connectivity index (χ3n) is 3.06. The van der Waals surface area contributed by atoms with Gasteiger partial charge in [-0.05, 0) is 25.2 Å². The van der Waals surface area contributed by atoms with Crippen molar-refractivity contribution < 1.29 is 4.79 Å². The molecule has 1 saturated heterocycles. The largest absolute Gasteiger partial charge is 0.356 e. The Morgan fingerprint density at radius 1 is 1.67 bits per heavy atom. The molecule has 0 aromatic rings. The van der Waals surface area contributed by atoms with Gasteiger partial charge >= 0.3 is 0 Å². The highest BCUT2D eigenvalue weighted by Crippen LogP contribution is 2.51. The highest BCUT2D eigenvalue weighted by atomic mass is 16.2. The number of nitrogens with one attached hydrogen (secondary N) is 1. The van der Waals surface area contributed by atoms with Crippen molar-refractivity contribution in [1.82, 2.24) is 5.32 Å². The molecule has 3 heteroatoms. The summed E-state index contributed by atoms with van der Waals surface area (Å²) >= 11 is 0. The van der Waals surface area contributed by atoms with Crippen LogP contribution in [0, 0.1) is 22.7 Å². The average molecular weight is 164 g/mol. The summed E-state index contributed by atoms with van der Waals surface area (Å²) in [6.45, 7) is 0.761. The molecule has 1 saturated carbocycles. The zero-order chi connectivity index (χ0) is 8.60. The van der Waals surface area contributed by atoms with E-state index in [9.17, 15) is 4.79 Å². The molecule has 1 amide bonds. The zero-order valence-corrected chi connectivity index (χ0v) is 6.97. The summed E-state index contributed by atoms with van der Waals surface area (Å²) < 4.78 is 0. The fraction of sp³-hybridized carbons (Fsp3) is 0.778. The molecule has 0 aromatic carbocycles. The molecule has 2 fully saturated rings. The Balaban J connectivity index is 2.21. The van der Waals surface area contributed by atoms with Crippen molar-refractivity contribution in [2.45, 2.75) is 25.7 Å². The Morgan fingerprint density at radius 2 is 2.42 bits per heavy atom. The monoisotopic (exact) mass is 164 g/mol. The van der Waals surface area contributed by atoms with Crippen molar-refractivity contribution in [3.63, 3.8) is 0 Å². The van der Waals surface area contributed by atoms with E-state index in [0.717, 1.165) is 25.8 Å². The van der Waals surface area contributed by atoms with Crippen LogP contribution in [0.15, 0.2) is 0 Å². The Kier molecular flexibility index (Phi) is 1.57. The molecule has 1 N–H and O–H groups in total. The van der Waals surface area contributed by atoms with Crippen LogP contribution in [0.4, 0.5) is 0 Å². The number of nitrogens with zero attached hydrogens (tertiary/aromatic N) is 1. The number of carbonyl (C=O) groups is 1. The number of hydrogen-bond acceptors (Lipinski definition) is 2. The standard InChI is InChI=1S/C9H12N2O/c10-5-3-9(7-1-2-7)4-6-11-8(9)12/h7H,1-4,6H2,(H,11,12)/t9-/m0/s1. The first-order chi connectivity index (χ1) is 5.79. The third kappa shape index (κ3) is 0.911. The lowest BCUT2D eigenvalue weighted by atomic mass is 9.78. The summed E-state index contributed by atoms with van der Waals surface area (Å²) in [6, 6.07) is 2.14. The molecule has 0 spiro atoms. The van der Waals surface area contributed by atoms with Crippen LogP contribution >= 0.6 is 0 Å². The van der Waals surface area contributed by atoms with E-state index in [1.165, 1.54) is 0 Å². The molecule has 0 aromatic heterocycles. The highest BCUT2D eigenvalue weighted by Gasteiger charge is 2.52. The lowest BCUT2D eigenvalue weighted by Crippen LogP contribution is -2.32. The molecule has 1 aliphatic carbocycles. The van der Waals surface area contributed by atoms with E-state index in [1.54, 1.807) is 0 Å². The number of carbonyl (C=O) groups excluding carboxylic acids is 1. The van der Waals surface area contributed by atoms with Gasteiger partial charge in [-0.15, -0.1) is 0 Å². The predicted octanol–water partition coefficient (Wildman–Crippen LogP) is 0.816. The van der Waals surface area contributed by atoms with E-state index in [4.69, 9.17) is 5.26 Å². The molecule has 0 bridgehead atoms. The average Bonchev–Trinajstić information content (AvgIpc) is 2.81. The lowest BCUT2D eigenvalue weighted by molar-refractivity contribution is -0.128. The summed E-state index contributed by atoms with van der Waals surface area (Å²) in [5.74, 6) is 0.617. The van der Waals surface area contributed by atoms with Gasteiger partial charge in [0.15, 0.2) is 0 Å².